The molecule has 3 aromatic rings. The highest BCUT2D eigenvalue weighted by Crippen LogP contribution is 2.22. The van der Waals surface area contributed by atoms with Gasteiger partial charge in [-0.2, -0.15) is 0 Å². The topological polar surface area (TPSA) is 104 Å². The van der Waals surface area contributed by atoms with E-state index >= 15 is 0 Å². The smallest absolute Gasteiger partial charge is 0.269 e. The Balaban J connectivity index is 1.72. The number of carbonyl (C=O) groups is 1. The van der Waals surface area contributed by atoms with Crippen LogP contribution in [-0.4, -0.2) is 38.4 Å². The third-order valence-corrected chi connectivity index (χ3v) is 7.43. The van der Waals surface area contributed by atoms with Crippen LogP contribution in [0.15, 0.2) is 59.4 Å². The number of sulfonamides is 1. The van der Waals surface area contributed by atoms with Crippen molar-refractivity contribution in [3.05, 3.63) is 97.4 Å². The number of halogens is 2. The monoisotopic (exact) mass is 566 g/mol. The molecule has 3 rings (SSSR count). The van der Waals surface area contributed by atoms with Crippen molar-refractivity contribution in [2.45, 2.75) is 32.9 Å². The number of rotatable bonds is 12. The van der Waals surface area contributed by atoms with Gasteiger partial charge in [0.25, 0.3) is 11.5 Å². The minimum absolute atomic E-state index is 0.00318. The molecule has 1 heterocycles. The first-order chi connectivity index (χ1) is 17.6. The van der Waals surface area contributed by atoms with Gasteiger partial charge in [-0.05, 0) is 54.3 Å². The van der Waals surface area contributed by atoms with Crippen LogP contribution in [-0.2, 0) is 40.8 Å². The standard InChI is InChI=1S/C26H28Cl2N2O6S/c1-3-18-5-4-6-21(15-18)36-17-24-22(27)16-23(28)26(32)30(24)12-11-19-7-9-20(10-8-19)25(31)29-37(33,34)14-13-35-2/h4-10,15-16H,3,11-14,17H2,1-2H3,(H,29,31). The molecule has 0 saturated carbocycles. The lowest BCUT2D eigenvalue weighted by Crippen LogP contribution is -2.33. The zero-order valence-electron chi connectivity index (χ0n) is 20.5. The van der Waals surface area contributed by atoms with Crippen molar-refractivity contribution in [3.8, 4) is 5.75 Å². The van der Waals surface area contributed by atoms with Gasteiger partial charge >= 0.3 is 0 Å². The lowest BCUT2D eigenvalue weighted by Gasteiger charge is -2.16. The Morgan fingerprint density at radius 3 is 2.43 bits per heavy atom. The second-order valence-electron chi connectivity index (χ2n) is 8.22. The molecule has 0 unspecified atom stereocenters. The third kappa shape index (κ3) is 8.07. The fraction of sp³-hybridized carbons (Fsp3) is 0.308. The van der Waals surface area contributed by atoms with E-state index in [1.165, 1.54) is 29.9 Å². The molecule has 2 aromatic carbocycles. The van der Waals surface area contributed by atoms with Crippen LogP contribution in [0.3, 0.4) is 0 Å². The maximum Gasteiger partial charge on any atom is 0.269 e. The number of hydrogen-bond acceptors (Lipinski definition) is 6. The number of ether oxygens (including phenoxy) is 2. The van der Waals surface area contributed by atoms with Gasteiger partial charge < -0.3 is 14.0 Å². The summed E-state index contributed by atoms with van der Waals surface area (Å²) in [4.78, 5) is 25.1. The van der Waals surface area contributed by atoms with Crippen molar-refractivity contribution in [1.82, 2.24) is 9.29 Å². The van der Waals surface area contributed by atoms with Crippen LogP contribution in [0.25, 0.3) is 0 Å². The Hall–Kier alpha value is -2.85. The maximum absolute atomic E-state index is 12.8. The number of amides is 1. The zero-order valence-corrected chi connectivity index (χ0v) is 22.8. The van der Waals surface area contributed by atoms with Gasteiger partial charge in [0, 0.05) is 19.2 Å². The molecule has 198 valence electrons. The van der Waals surface area contributed by atoms with E-state index in [9.17, 15) is 18.0 Å². The van der Waals surface area contributed by atoms with Gasteiger partial charge in [-0.3, -0.25) is 9.59 Å². The van der Waals surface area contributed by atoms with Gasteiger partial charge in [-0.15, -0.1) is 0 Å². The summed E-state index contributed by atoms with van der Waals surface area (Å²) in [5.74, 6) is -0.380. The molecule has 0 spiro atoms. The van der Waals surface area contributed by atoms with E-state index in [2.05, 4.69) is 6.92 Å². The molecule has 0 atom stereocenters. The number of benzene rings is 2. The molecule has 37 heavy (non-hydrogen) atoms. The fourth-order valence-corrected chi connectivity index (χ4v) is 4.96. The van der Waals surface area contributed by atoms with Crippen LogP contribution in [0.1, 0.15) is 34.1 Å². The number of pyridine rings is 1. The molecule has 0 aliphatic rings. The highest BCUT2D eigenvalue weighted by molar-refractivity contribution is 7.90. The SMILES string of the molecule is CCc1cccc(OCc2c(Cl)cc(Cl)c(=O)n2CCc2ccc(C(=O)NS(=O)(=O)CCOC)cc2)c1. The average molecular weight is 567 g/mol. The molecule has 0 radical (unpaired) electrons. The van der Waals surface area contributed by atoms with Crippen molar-refractivity contribution < 1.29 is 22.7 Å². The Bertz CT molecular complexity index is 1410. The van der Waals surface area contributed by atoms with Crippen molar-refractivity contribution in [2.75, 3.05) is 19.5 Å². The lowest BCUT2D eigenvalue weighted by molar-refractivity contribution is 0.0981. The summed E-state index contributed by atoms with van der Waals surface area (Å²) >= 11 is 12.5. The first-order valence-corrected chi connectivity index (χ1v) is 14.0. The zero-order chi connectivity index (χ0) is 27.0. The molecule has 0 aliphatic heterocycles. The average Bonchev–Trinajstić information content (AvgIpc) is 2.88. The van der Waals surface area contributed by atoms with Crippen LogP contribution in [0.2, 0.25) is 10.0 Å². The fourth-order valence-electron chi connectivity index (χ4n) is 3.53. The molecule has 0 fully saturated rings. The van der Waals surface area contributed by atoms with E-state index in [-0.39, 0.29) is 41.7 Å². The molecule has 1 amide bonds. The summed E-state index contributed by atoms with van der Waals surface area (Å²) in [5.41, 5.74) is 2.25. The Kier molecular flexibility index (Phi) is 10.2. The Morgan fingerprint density at radius 1 is 1.03 bits per heavy atom. The summed E-state index contributed by atoms with van der Waals surface area (Å²) in [6.07, 6.45) is 1.30. The minimum atomic E-state index is -3.79. The number of aromatic nitrogens is 1. The summed E-state index contributed by atoms with van der Waals surface area (Å²) in [6, 6.07) is 15.5. The summed E-state index contributed by atoms with van der Waals surface area (Å²) in [6.45, 7) is 2.38. The Morgan fingerprint density at radius 2 is 1.76 bits per heavy atom. The van der Waals surface area contributed by atoms with Gasteiger partial charge in [0.15, 0.2) is 0 Å². The largest absolute Gasteiger partial charge is 0.487 e. The quantitative estimate of drug-likeness (QED) is 0.351. The molecule has 0 aliphatic carbocycles. The maximum atomic E-state index is 12.8. The molecule has 0 saturated heterocycles. The second kappa shape index (κ2) is 13.1. The van der Waals surface area contributed by atoms with E-state index in [0.717, 1.165) is 17.5 Å². The number of nitrogens with zero attached hydrogens (tertiary/aromatic N) is 1. The van der Waals surface area contributed by atoms with Crippen LogP contribution < -0.4 is 15.0 Å². The molecule has 1 N–H and O–H groups in total. The number of hydrogen-bond donors (Lipinski definition) is 1. The highest BCUT2D eigenvalue weighted by Gasteiger charge is 2.17. The van der Waals surface area contributed by atoms with Crippen molar-refractivity contribution >= 4 is 39.1 Å². The van der Waals surface area contributed by atoms with Crippen molar-refractivity contribution in [1.29, 1.82) is 0 Å². The first kappa shape index (κ1) is 28.7. The van der Waals surface area contributed by atoms with E-state index in [1.54, 1.807) is 12.1 Å². The predicted molar refractivity (Wildman–Crippen MR) is 144 cm³/mol. The summed E-state index contributed by atoms with van der Waals surface area (Å²) in [7, 11) is -2.42. The van der Waals surface area contributed by atoms with Crippen LogP contribution in [0.5, 0.6) is 5.75 Å². The molecule has 0 bridgehead atoms. The molecular formula is C26H28Cl2N2O6S. The lowest BCUT2D eigenvalue weighted by atomic mass is 10.1. The van der Waals surface area contributed by atoms with Crippen LogP contribution in [0, 0.1) is 0 Å². The first-order valence-electron chi connectivity index (χ1n) is 11.6. The van der Waals surface area contributed by atoms with Gasteiger partial charge in [-0.25, -0.2) is 13.1 Å². The van der Waals surface area contributed by atoms with E-state index < -0.39 is 15.9 Å². The number of methoxy groups -OCH3 is 1. The number of nitrogens with one attached hydrogen (secondary N) is 1. The normalized spacial score (nSPS) is 11.4. The van der Waals surface area contributed by atoms with Gasteiger partial charge in [0.1, 0.15) is 17.4 Å². The molecular weight excluding hydrogens is 539 g/mol. The van der Waals surface area contributed by atoms with Gasteiger partial charge in [0.05, 0.1) is 23.1 Å². The minimum Gasteiger partial charge on any atom is -0.487 e. The molecule has 8 nitrogen and oxygen atoms in total. The second-order valence-corrected chi connectivity index (χ2v) is 10.9. The molecule has 1 aromatic heterocycles. The van der Waals surface area contributed by atoms with Crippen LogP contribution in [0.4, 0.5) is 0 Å². The summed E-state index contributed by atoms with van der Waals surface area (Å²) in [5, 5.41) is 0.321. The summed E-state index contributed by atoms with van der Waals surface area (Å²) < 4.78 is 38.0. The van der Waals surface area contributed by atoms with Crippen LogP contribution >= 0.6 is 23.2 Å². The number of carbonyl (C=O) groups excluding carboxylic acids is 1. The predicted octanol–water partition coefficient (Wildman–Crippen LogP) is 4.25. The van der Waals surface area contributed by atoms with E-state index in [4.69, 9.17) is 32.7 Å². The van der Waals surface area contributed by atoms with Crippen molar-refractivity contribution in [2.24, 2.45) is 0 Å². The van der Waals surface area contributed by atoms with Gasteiger partial charge in [-0.1, -0.05) is 54.4 Å². The van der Waals surface area contributed by atoms with Crippen molar-refractivity contribution in [3.63, 3.8) is 0 Å². The van der Waals surface area contributed by atoms with E-state index in [0.29, 0.717) is 22.9 Å². The number of aryl methyl sites for hydroxylation is 2. The third-order valence-electron chi connectivity index (χ3n) is 5.63. The van der Waals surface area contributed by atoms with Gasteiger partial charge in [0.2, 0.25) is 10.0 Å². The van der Waals surface area contributed by atoms with E-state index in [1.807, 2.05) is 29.0 Å². The Labute approximate surface area is 226 Å². The highest BCUT2D eigenvalue weighted by atomic mass is 35.5. The molecule has 11 heteroatoms.